The highest BCUT2D eigenvalue weighted by molar-refractivity contribution is 5.54. The quantitative estimate of drug-likeness (QED) is 0.770. The molecule has 0 saturated carbocycles. The van der Waals surface area contributed by atoms with Crippen LogP contribution in [0.15, 0.2) is 61.2 Å². The van der Waals surface area contributed by atoms with Gasteiger partial charge in [-0.3, -0.25) is 4.98 Å². The second-order valence-electron chi connectivity index (χ2n) is 4.33. The Labute approximate surface area is 117 Å². The molecule has 3 rings (SSSR count). The van der Waals surface area contributed by atoms with Gasteiger partial charge in [-0.1, -0.05) is 6.07 Å². The van der Waals surface area contributed by atoms with Crippen molar-refractivity contribution in [2.75, 3.05) is 11.9 Å². The highest BCUT2D eigenvalue weighted by Crippen LogP contribution is 2.13. The van der Waals surface area contributed by atoms with Gasteiger partial charge in [-0.05, 0) is 30.3 Å². The van der Waals surface area contributed by atoms with Crippen LogP contribution >= 0.6 is 0 Å². The van der Waals surface area contributed by atoms with E-state index in [-0.39, 0.29) is 0 Å². The van der Waals surface area contributed by atoms with E-state index in [0.29, 0.717) is 5.95 Å². The average molecular weight is 265 g/mol. The van der Waals surface area contributed by atoms with Crippen LogP contribution in [0.5, 0.6) is 0 Å². The van der Waals surface area contributed by atoms with Gasteiger partial charge in [0.2, 0.25) is 5.95 Å². The molecule has 100 valence electrons. The van der Waals surface area contributed by atoms with Crippen molar-refractivity contribution in [3.63, 3.8) is 0 Å². The molecule has 0 spiro atoms. The van der Waals surface area contributed by atoms with Crippen molar-refractivity contribution < 1.29 is 0 Å². The molecule has 5 nitrogen and oxygen atoms in total. The van der Waals surface area contributed by atoms with E-state index in [0.717, 1.165) is 24.5 Å². The number of hydrogen-bond acceptors (Lipinski definition) is 4. The summed E-state index contributed by atoms with van der Waals surface area (Å²) in [7, 11) is 0. The average Bonchev–Trinajstić information content (AvgIpc) is 3.02. The molecule has 0 aliphatic carbocycles. The standard InChI is InChI=1S/C15H15N5/c1-2-7-16-13(5-1)14-6-8-17-15(19-14)18-9-12-20-10-3-4-11-20/h1-8,10-11H,9,12H2,(H,17,18,19). The Bertz CT molecular complexity index is 649. The van der Waals surface area contributed by atoms with E-state index in [1.165, 1.54) is 0 Å². The Morgan fingerprint density at radius 2 is 1.80 bits per heavy atom. The zero-order valence-electron chi connectivity index (χ0n) is 11.0. The molecular formula is C15H15N5. The lowest BCUT2D eigenvalue weighted by atomic mass is 10.3. The number of anilines is 1. The maximum absolute atomic E-state index is 4.47. The molecule has 5 heteroatoms. The van der Waals surface area contributed by atoms with Gasteiger partial charge in [0.05, 0.1) is 11.4 Å². The minimum Gasteiger partial charge on any atom is -0.353 e. The molecule has 0 aliphatic rings. The van der Waals surface area contributed by atoms with Gasteiger partial charge in [-0.25, -0.2) is 9.97 Å². The first-order valence-corrected chi connectivity index (χ1v) is 6.51. The fraction of sp³-hybridized carbons (Fsp3) is 0.133. The van der Waals surface area contributed by atoms with Crippen LogP contribution in [0.3, 0.4) is 0 Å². The number of hydrogen-bond donors (Lipinski definition) is 1. The second kappa shape index (κ2) is 5.97. The fourth-order valence-corrected chi connectivity index (χ4v) is 1.92. The Morgan fingerprint density at radius 3 is 2.60 bits per heavy atom. The molecule has 0 aromatic carbocycles. The van der Waals surface area contributed by atoms with E-state index in [1.54, 1.807) is 12.4 Å². The first kappa shape index (κ1) is 12.3. The molecule has 0 unspecified atom stereocenters. The van der Waals surface area contributed by atoms with Crippen LogP contribution in [0.1, 0.15) is 0 Å². The molecular weight excluding hydrogens is 250 g/mol. The molecule has 0 amide bonds. The van der Waals surface area contributed by atoms with Crippen LogP contribution in [0, 0.1) is 0 Å². The molecule has 1 N–H and O–H groups in total. The number of rotatable bonds is 5. The van der Waals surface area contributed by atoms with E-state index in [9.17, 15) is 0 Å². The van der Waals surface area contributed by atoms with E-state index >= 15 is 0 Å². The van der Waals surface area contributed by atoms with E-state index in [2.05, 4.69) is 24.8 Å². The van der Waals surface area contributed by atoms with Crippen molar-refractivity contribution in [1.82, 2.24) is 19.5 Å². The molecule has 0 aliphatic heterocycles. The van der Waals surface area contributed by atoms with Crippen molar-refractivity contribution >= 4 is 5.95 Å². The lowest BCUT2D eigenvalue weighted by molar-refractivity contribution is 0.729. The molecule has 3 aromatic rings. The number of aromatic nitrogens is 4. The van der Waals surface area contributed by atoms with Gasteiger partial charge in [0, 0.05) is 37.9 Å². The largest absolute Gasteiger partial charge is 0.353 e. The lowest BCUT2D eigenvalue weighted by Gasteiger charge is -2.07. The summed E-state index contributed by atoms with van der Waals surface area (Å²) >= 11 is 0. The van der Waals surface area contributed by atoms with Crippen molar-refractivity contribution in [3.05, 3.63) is 61.2 Å². The molecule has 0 saturated heterocycles. The molecule has 20 heavy (non-hydrogen) atoms. The molecule has 3 aromatic heterocycles. The van der Waals surface area contributed by atoms with Crippen LogP contribution < -0.4 is 5.32 Å². The SMILES string of the molecule is c1ccc(-c2ccnc(NCCn3cccc3)n2)nc1. The Balaban J connectivity index is 1.66. The third-order valence-corrected chi connectivity index (χ3v) is 2.90. The van der Waals surface area contributed by atoms with Crippen LogP contribution in [0.4, 0.5) is 5.95 Å². The van der Waals surface area contributed by atoms with Crippen LogP contribution in [0.25, 0.3) is 11.4 Å². The summed E-state index contributed by atoms with van der Waals surface area (Å²) < 4.78 is 2.11. The van der Waals surface area contributed by atoms with Gasteiger partial charge in [-0.15, -0.1) is 0 Å². The van der Waals surface area contributed by atoms with Crippen LogP contribution in [-0.4, -0.2) is 26.1 Å². The summed E-state index contributed by atoms with van der Waals surface area (Å²) in [5.74, 6) is 0.625. The van der Waals surface area contributed by atoms with Crippen molar-refractivity contribution in [1.29, 1.82) is 0 Å². The minimum atomic E-state index is 0.625. The van der Waals surface area contributed by atoms with Gasteiger partial charge in [0.25, 0.3) is 0 Å². The minimum absolute atomic E-state index is 0.625. The summed E-state index contributed by atoms with van der Waals surface area (Å²) in [5.41, 5.74) is 1.67. The van der Waals surface area contributed by atoms with Crippen molar-refractivity contribution in [2.45, 2.75) is 6.54 Å². The first-order chi connectivity index (χ1) is 9.92. The molecule has 0 atom stereocenters. The normalized spacial score (nSPS) is 10.4. The van der Waals surface area contributed by atoms with Gasteiger partial charge in [0.15, 0.2) is 0 Å². The van der Waals surface area contributed by atoms with E-state index in [4.69, 9.17) is 0 Å². The number of nitrogens with zero attached hydrogens (tertiary/aromatic N) is 4. The summed E-state index contributed by atoms with van der Waals surface area (Å²) in [6.45, 7) is 1.66. The maximum Gasteiger partial charge on any atom is 0.223 e. The zero-order valence-corrected chi connectivity index (χ0v) is 11.0. The monoisotopic (exact) mass is 265 g/mol. The second-order valence-corrected chi connectivity index (χ2v) is 4.33. The number of pyridine rings is 1. The molecule has 0 bridgehead atoms. The van der Waals surface area contributed by atoms with Crippen LogP contribution in [0.2, 0.25) is 0 Å². The van der Waals surface area contributed by atoms with E-state index in [1.807, 2.05) is 48.8 Å². The Hall–Kier alpha value is -2.69. The summed E-state index contributed by atoms with van der Waals surface area (Å²) in [4.78, 5) is 13.0. The molecule has 3 heterocycles. The van der Waals surface area contributed by atoms with Gasteiger partial charge in [0.1, 0.15) is 0 Å². The molecule has 0 radical (unpaired) electrons. The van der Waals surface area contributed by atoms with Gasteiger partial charge >= 0.3 is 0 Å². The third-order valence-electron chi connectivity index (χ3n) is 2.90. The lowest BCUT2D eigenvalue weighted by Crippen LogP contribution is -2.11. The third kappa shape index (κ3) is 3.00. The summed E-state index contributed by atoms with van der Waals surface area (Å²) in [6.07, 6.45) is 7.57. The Morgan fingerprint density at radius 1 is 0.900 bits per heavy atom. The van der Waals surface area contributed by atoms with Gasteiger partial charge in [-0.2, -0.15) is 0 Å². The van der Waals surface area contributed by atoms with Crippen LogP contribution in [-0.2, 0) is 6.54 Å². The number of nitrogens with one attached hydrogen (secondary N) is 1. The highest BCUT2D eigenvalue weighted by Gasteiger charge is 2.02. The smallest absolute Gasteiger partial charge is 0.223 e. The predicted molar refractivity (Wildman–Crippen MR) is 78.2 cm³/mol. The van der Waals surface area contributed by atoms with Gasteiger partial charge < -0.3 is 9.88 Å². The Kier molecular flexibility index (Phi) is 3.68. The summed E-state index contributed by atoms with van der Waals surface area (Å²) in [5, 5.41) is 3.22. The predicted octanol–water partition coefficient (Wildman–Crippen LogP) is 2.45. The van der Waals surface area contributed by atoms with E-state index < -0.39 is 0 Å². The summed E-state index contributed by atoms with van der Waals surface area (Å²) in [6, 6.07) is 11.7. The van der Waals surface area contributed by atoms with Crippen molar-refractivity contribution in [3.8, 4) is 11.4 Å². The first-order valence-electron chi connectivity index (χ1n) is 6.51. The van der Waals surface area contributed by atoms with Crippen molar-refractivity contribution in [2.24, 2.45) is 0 Å². The highest BCUT2D eigenvalue weighted by atomic mass is 15.1. The molecule has 0 fully saturated rings. The topological polar surface area (TPSA) is 55.6 Å². The maximum atomic E-state index is 4.47. The fourth-order valence-electron chi connectivity index (χ4n) is 1.92. The zero-order chi connectivity index (χ0) is 13.6.